The van der Waals surface area contributed by atoms with Crippen LogP contribution in [0.1, 0.15) is 49.7 Å². The van der Waals surface area contributed by atoms with Crippen LogP contribution in [0, 0.1) is 13.8 Å². The fourth-order valence-electron chi connectivity index (χ4n) is 4.85. The van der Waals surface area contributed by atoms with Crippen molar-refractivity contribution in [2.75, 3.05) is 12.3 Å². The number of carbonyl (C=O) groups excluding carboxylic acids is 1. The number of fused-ring (bicyclic) bond motifs is 1. The number of para-hydroxylation sites is 1. The van der Waals surface area contributed by atoms with Crippen molar-refractivity contribution in [1.82, 2.24) is 19.3 Å². The highest BCUT2D eigenvalue weighted by atomic mass is 16.5. The van der Waals surface area contributed by atoms with Crippen LogP contribution in [0.3, 0.4) is 0 Å². The summed E-state index contributed by atoms with van der Waals surface area (Å²) >= 11 is 0. The van der Waals surface area contributed by atoms with Gasteiger partial charge in [0.15, 0.2) is 0 Å². The predicted octanol–water partition coefficient (Wildman–Crippen LogP) is 6.02. The van der Waals surface area contributed by atoms with Crippen molar-refractivity contribution in [3.63, 3.8) is 0 Å². The van der Waals surface area contributed by atoms with E-state index in [4.69, 9.17) is 15.5 Å². The third-order valence-electron chi connectivity index (χ3n) is 6.62. The number of rotatable bonds is 5. The van der Waals surface area contributed by atoms with Gasteiger partial charge in [-0.3, -0.25) is 9.20 Å². The maximum Gasteiger partial charge on any atom is 0.247 e. The Morgan fingerprint density at radius 3 is 2.64 bits per heavy atom. The molecule has 0 bridgehead atoms. The number of benzene rings is 2. The number of nitrogen functional groups attached to an aromatic ring is 1. The first-order valence-electron chi connectivity index (χ1n) is 12.3. The van der Waals surface area contributed by atoms with Crippen molar-refractivity contribution >= 4 is 17.2 Å². The van der Waals surface area contributed by atoms with Gasteiger partial charge in [-0.25, -0.2) is 9.97 Å². The van der Waals surface area contributed by atoms with Crippen molar-refractivity contribution in [3.05, 3.63) is 83.5 Å². The van der Waals surface area contributed by atoms with Gasteiger partial charge in [0, 0.05) is 30.6 Å². The van der Waals surface area contributed by atoms with E-state index in [0.717, 1.165) is 63.6 Å². The normalized spacial score (nSPS) is 15.3. The topological polar surface area (TPSA) is 85.8 Å². The number of hydrogen-bond donors (Lipinski definition) is 1. The fourth-order valence-corrected chi connectivity index (χ4v) is 4.85. The van der Waals surface area contributed by atoms with Crippen LogP contribution in [0.5, 0.6) is 11.5 Å². The molecule has 0 saturated carbocycles. The zero-order chi connectivity index (χ0) is 25.4. The Bertz CT molecular complexity index is 1480. The van der Waals surface area contributed by atoms with E-state index >= 15 is 0 Å². The molecule has 0 unspecified atom stereocenters. The maximum atomic E-state index is 12.9. The van der Waals surface area contributed by atoms with Gasteiger partial charge in [-0.2, -0.15) is 0 Å². The molecule has 7 heteroatoms. The van der Waals surface area contributed by atoms with Crippen LogP contribution in [-0.2, 0) is 4.79 Å². The minimum atomic E-state index is -0.124. The molecular weight excluding hydrogens is 450 g/mol. The molecule has 1 aliphatic rings. The summed E-state index contributed by atoms with van der Waals surface area (Å²) in [4.78, 5) is 24.3. The third kappa shape index (κ3) is 4.33. The van der Waals surface area contributed by atoms with E-state index in [1.54, 1.807) is 12.3 Å². The van der Waals surface area contributed by atoms with E-state index in [1.165, 1.54) is 0 Å². The average Bonchev–Trinajstić information content (AvgIpc) is 3.47. The van der Waals surface area contributed by atoms with Crippen molar-refractivity contribution in [1.29, 1.82) is 0 Å². The molecule has 4 aromatic rings. The predicted molar refractivity (Wildman–Crippen MR) is 142 cm³/mol. The summed E-state index contributed by atoms with van der Waals surface area (Å²) in [6.45, 7) is 8.64. The van der Waals surface area contributed by atoms with Crippen molar-refractivity contribution in [2.24, 2.45) is 0 Å². The number of hydrogen-bond acceptors (Lipinski definition) is 5. The minimum absolute atomic E-state index is 0.0198. The third-order valence-corrected chi connectivity index (χ3v) is 6.62. The van der Waals surface area contributed by atoms with Crippen LogP contribution >= 0.6 is 0 Å². The highest BCUT2D eigenvalue weighted by molar-refractivity contribution is 5.89. The van der Waals surface area contributed by atoms with Crippen LogP contribution in [0.25, 0.3) is 16.8 Å². The van der Waals surface area contributed by atoms with E-state index < -0.39 is 0 Å². The van der Waals surface area contributed by atoms with Crippen LogP contribution in [-0.4, -0.2) is 31.7 Å². The molecule has 2 aromatic heterocycles. The molecule has 0 aliphatic carbocycles. The highest BCUT2D eigenvalue weighted by Gasteiger charge is 2.33. The lowest BCUT2D eigenvalue weighted by atomic mass is 10.1. The molecule has 184 valence electrons. The van der Waals surface area contributed by atoms with E-state index in [-0.39, 0.29) is 11.9 Å². The standard InChI is InChI=1S/C29H31N5O2/c1-18(2)16-25(35)33-14-7-9-22(33)29-32-26(27-28(30)31-13-15-34(27)29)21-11-12-24(20(4)17-21)36-23-10-6-5-8-19(23)3/h5-6,8,10-13,15-17,22H,7,9,14H2,1-4H3,(H2,30,31)/t22-/m0/s1. The molecule has 1 aliphatic heterocycles. The Kier molecular flexibility index (Phi) is 6.22. The summed E-state index contributed by atoms with van der Waals surface area (Å²) in [6.07, 6.45) is 7.04. The molecule has 7 nitrogen and oxygen atoms in total. The lowest BCUT2D eigenvalue weighted by Crippen LogP contribution is -2.30. The molecule has 5 rings (SSSR count). The number of aryl methyl sites for hydroxylation is 2. The van der Waals surface area contributed by atoms with Crippen LogP contribution in [0.2, 0.25) is 0 Å². The Morgan fingerprint density at radius 2 is 1.89 bits per heavy atom. The van der Waals surface area contributed by atoms with E-state index in [1.807, 2.05) is 79.6 Å². The molecule has 1 fully saturated rings. The van der Waals surface area contributed by atoms with Gasteiger partial charge in [0.05, 0.1) is 6.04 Å². The first kappa shape index (κ1) is 23.6. The Morgan fingerprint density at radius 1 is 1.11 bits per heavy atom. The molecular formula is C29H31N5O2. The number of nitrogens with two attached hydrogens (primary N) is 1. The van der Waals surface area contributed by atoms with E-state index in [2.05, 4.69) is 11.1 Å². The molecule has 0 radical (unpaired) electrons. The number of nitrogens with zero attached hydrogens (tertiary/aromatic N) is 4. The van der Waals surface area contributed by atoms with Crippen LogP contribution < -0.4 is 10.5 Å². The molecule has 1 saturated heterocycles. The second kappa shape index (κ2) is 9.49. The van der Waals surface area contributed by atoms with Gasteiger partial charge in [-0.15, -0.1) is 0 Å². The Balaban J connectivity index is 1.56. The van der Waals surface area contributed by atoms with Crippen LogP contribution in [0.4, 0.5) is 5.82 Å². The van der Waals surface area contributed by atoms with Gasteiger partial charge >= 0.3 is 0 Å². The monoisotopic (exact) mass is 481 g/mol. The molecule has 1 amide bonds. The first-order chi connectivity index (χ1) is 17.3. The van der Waals surface area contributed by atoms with Crippen molar-refractivity contribution < 1.29 is 9.53 Å². The molecule has 36 heavy (non-hydrogen) atoms. The second-order valence-corrected chi connectivity index (χ2v) is 9.61. The Labute approximate surface area is 211 Å². The highest BCUT2D eigenvalue weighted by Crippen LogP contribution is 2.38. The first-order valence-corrected chi connectivity index (χ1v) is 12.3. The summed E-state index contributed by atoms with van der Waals surface area (Å²) in [5, 5.41) is 0. The van der Waals surface area contributed by atoms with Crippen molar-refractivity contribution in [3.8, 4) is 22.8 Å². The largest absolute Gasteiger partial charge is 0.457 e. The summed E-state index contributed by atoms with van der Waals surface area (Å²) < 4.78 is 8.18. The average molecular weight is 482 g/mol. The van der Waals surface area contributed by atoms with Crippen LogP contribution in [0.15, 0.2) is 66.5 Å². The fraction of sp³-hybridized carbons (Fsp3) is 0.276. The van der Waals surface area contributed by atoms with Gasteiger partial charge in [0.2, 0.25) is 5.91 Å². The molecule has 2 N–H and O–H groups in total. The van der Waals surface area contributed by atoms with Gasteiger partial charge < -0.3 is 15.4 Å². The molecule has 0 spiro atoms. The second-order valence-electron chi connectivity index (χ2n) is 9.61. The number of anilines is 1. The number of ether oxygens (including phenoxy) is 1. The number of amides is 1. The number of carbonyl (C=O) groups is 1. The van der Waals surface area contributed by atoms with E-state index in [9.17, 15) is 4.79 Å². The number of aromatic nitrogens is 3. The molecule has 1 atom stereocenters. The number of allylic oxidation sites excluding steroid dienone is 1. The lowest BCUT2D eigenvalue weighted by Gasteiger charge is -2.22. The molecule has 3 heterocycles. The lowest BCUT2D eigenvalue weighted by molar-refractivity contribution is -0.127. The Hall–Kier alpha value is -4.13. The quantitative estimate of drug-likeness (QED) is 0.353. The van der Waals surface area contributed by atoms with Crippen molar-refractivity contribution in [2.45, 2.75) is 46.6 Å². The zero-order valence-corrected chi connectivity index (χ0v) is 21.2. The van der Waals surface area contributed by atoms with Gasteiger partial charge in [0.25, 0.3) is 0 Å². The smallest absolute Gasteiger partial charge is 0.247 e. The SMILES string of the molecule is CC(C)=CC(=O)N1CCC[C@H]1c1nc(-c2ccc(Oc3ccccc3C)c(C)c2)c2c(N)nccn12. The molecule has 2 aromatic carbocycles. The number of imidazole rings is 1. The summed E-state index contributed by atoms with van der Waals surface area (Å²) in [6, 6.07) is 13.9. The van der Waals surface area contributed by atoms with Gasteiger partial charge in [0.1, 0.15) is 34.4 Å². The van der Waals surface area contributed by atoms with E-state index in [0.29, 0.717) is 12.4 Å². The van der Waals surface area contributed by atoms with Gasteiger partial charge in [-0.05, 0) is 75.9 Å². The minimum Gasteiger partial charge on any atom is -0.457 e. The maximum absolute atomic E-state index is 12.9. The summed E-state index contributed by atoms with van der Waals surface area (Å²) in [5.74, 6) is 2.85. The number of likely N-dealkylation sites (tertiary alicyclic amines) is 1. The van der Waals surface area contributed by atoms with Gasteiger partial charge in [-0.1, -0.05) is 23.8 Å². The summed E-state index contributed by atoms with van der Waals surface area (Å²) in [5.41, 5.74) is 11.8. The zero-order valence-electron chi connectivity index (χ0n) is 21.2. The summed E-state index contributed by atoms with van der Waals surface area (Å²) in [7, 11) is 0.